The lowest BCUT2D eigenvalue weighted by molar-refractivity contribution is -0.140. The summed E-state index contributed by atoms with van der Waals surface area (Å²) in [6.45, 7) is 2.21. The second-order valence-corrected chi connectivity index (χ2v) is 9.22. The molecule has 7 heteroatoms. The van der Waals surface area contributed by atoms with Crippen LogP contribution in [0.2, 0.25) is 0 Å². The number of rotatable bonds is 5. The van der Waals surface area contributed by atoms with Crippen LogP contribution in [0.5, 0.6) is 5.75 Å². The highest BCUT2D eigenvalue weighted by atomic mass is 16.5. The Hall–Kier alpha value is -4.13. The zero-order valence-electron chi connectivity index (χ0n) is 19.9. The predicted molar refractivity (Wildman–Crippen MR) is 133 cm³/mol. The van der Waals surface area contributed by atoms with Crippen molar-refractivity contribution < 1.29 is 19.4 Å². The Bertz CT molecular complexity index is 1320. The van der Waals surface area contributed by atoms with Crippen LogP contribution in [0.15, 0.2) is 72.6 Å². The fourth-order valence-electron chi connectivity index (χ4n) is 4.75. The minimum atomic E-state index is -0.720. The molecule has 0 aliphatic carbocycles. The summed E-state index contributed by atoms with van der Waals surface area (Å²) < 4.78 is 5.77. The van der Waals surface area contributed by atoms with Gasteiger partial charge in [0.05, 0.1) is 11.6 Å². The molecule has 0 radical (unpaired) electrons. The normalized spacial score (nSPS) is 20.6. The molecule has 1 fully saturated rings. The third kappa shape index (κ3) is 4.14. The molecule has 0 unspecified atom stereocenters. The van der Waals surface area contributed by atoms with Crippen molar-refractivity contribution in [3.05, 3.63) is 94.8 Å². The number of amides is 1. The van der Waals surface area contributed by atoms with Gasteiger partial charge in [0.1, 0.15) is 17.6 Å². The van der Waals surface area contributed by atoms with Crippen LogP contribution in [0.25, 0.3) is 5.76 Å². The number of carbonyl (C=O) groups excluding carboxylic acids is 2. The van der Waals surface area contributed by atoms with Gasteiger partial charge in [-0.3, -0.25) is 14.6 Å². The van der Waals surface area contributed by atoms with Gasteiger partial charge < -0.3 is 19.6 Å². The molecule has 1 amide bonds. The number of hydrogen-bond donors (Lipinski definition) is 1. The van der Waals surface area contributed by atoms with Crippen LogP contribution in [0.3, 0.4) is 0 Å². The molecule has 2 aliphatic heterocycles. The van der Waals surface area contributed by atoms with Crippen LogP contribution < -0.4 is 9.64 Å². The van der Waals surface area contributed by atoms with Gasteiger partial charge in [-0.1, -0.05) is 12.1 Å². The number of benzene rings is 2. The lowest BCUT2D eigenvalue weighted by atomic mass is 9.94. The smallest absolute Gasteiger partial charge is 0.295 e. The van der Waals surface area contributed by atoms with Crippen molar-refractivity contribution in [2.45, 2.75) is 32.0 Å². The van der Waals surface area contributed by atoms with Gasteiger partial charge in [0, 0.05) is 50.7 Å². The summed E-state index contributed by atoms with van der Waals surface area (Å²) in [5, 5.41) is 11.4. The maximum absolute atomic E-state index is 13.3. The van der Waals surface area contributed by atoms with E-state index in [2.05, 4.69) is 4.98 Å². The second kappa shape index (κ2) is 8.91. The molecular weight excluding hydrogens is 442 g/mol. The van der Waals surface area contributed by atoms with Crippen molar-refractivity contribution in [1.29, 1.82) is 0 Å². The van der Waals surface area contributed by atoms with E-state index in [1.165, 1.54) is 4.90 Å². The first-order valence-electron chi connectivity index (χ1n) is 11.6. The van der Waals surface area contributed by atoms with E-state index in [0.717, 1.165) is 34.5 Å². The lowest BCUT2D eigenvalue weighted by Crippen LogP contribution is -2.29. The molecule has 1 saturated heterocycles. The Kier molecular flexibility index (Phi) is 5.76. The molecule has 178 valence electrons. The number of carbonyl (C=O) groups is 2. The van der Waals surface area contributed by atoms with Crippen molar-refractivity contribution in [2.24, 2.45) is 0 Å². The molecule has 3 heterocycles. The van der Waals surface area contributed by atoms with E-state index in [1.807, 2.05) is 74.4 Å². The van der Waals surface area contributed by atoms with E-state index in [9.17, 15) is 14.7 Å². The van der Waals surface area contributed by atoms with Crippen LogP contribution in [0, 0.1) is 0 Å². The third-order valence-electron chi connectivity index (χ3n) is 6.54. The van der Waals surface area contributed by atoms with Gasteiger partial charge in [-0.2, -0.15) is 0 Å². The number of pyridine rings is 1. The first kappa shape index (κ1) is 22.7. The molecular formula is C28H27N3O4. The van der Waals surface area contributed by atoms with Gasteiger partial charge in [0.15, 0.2) is 0 Å². The monoisotopic (exact) mass is 469 g/mol. The Morgan fingerprint density at radius 3 is 2.49 bits per heavy atom. The van der Waals surface area contributed by atoms with Crippen molar-refractivity contribution in [3.8, 4) is 5.75 Å². The minimum absolute atomic E-state index is 0.0588. The van der Waals surface area contributed by atoms with Crippen LogP contribution in [0.1, 0.15) is 35.2 Å². The summed E-state index contributed by atoms with van der Waals surface area (Å²) in [6.07, 6.45) is 4.09. The Morgan fingerprint density at radius 2 is 1.80 bits per heavy atom. The van der Waals surface area contributed by atoms with Crippen molar-refractivity contribution in [3.63, 3.8) is 0 Å². The van der Waals surface area contributed by atoms with E-state index in [-0.39, 0.29) is 24.0 Å². The van der Waals surface area contributed by atoms with Crippen LogP contribution >= 0.6 is 0 Å². The first-order valence-corrected chi connectivity index (χ1v) is 11.6. The standard InChI is InChI=1S/C28H27N3O4/c1-17-14-21-15-20(6-9-23(21)35-17)26(32)24-25(19-4-7-22(8-5-19)30(2)3)31(28(34)27(24)33)16-18-10-12-29-13-11-18/h4-13,15,17,25,32H,14,16H2,1-3H3/t17-,25+/m1/s1. The molecule has 35 heavy (non-hydrogen) atoms. The zero-order valence-corrected chi connectivity index (χ0v) is 19.9. The average Bonchev–Trinajstić information content (AvgIpc) is 3.35. The molecule has 0 bridgehead atoms. The molecule has 1 aromatic heterocycles. The van der Waals surface area contributed by atoms with Gasteiger partial charge >= 0.3 is 0 Å². The number of ketones is 1. The number of fused-ring (bicyclic) bond motifs is 1. The number of likely N-dealkylation sites (tertiary alicyclic amines) is 1. The van der Waals surface area contributed by atoms with Gasteiger partial charge in [0.25, 0.3) is 11.7 Å². The predicted octanol–water partition coefficient (Wildman–Crippen LogP) is 4.09. The van der Waals surface area contributed by atoms with Gasteiger partial charge in [0.2, 0.25) is 0 Å². The van der Waals surface area contributed by atoms with Crippen LogP contribution in [-0.2, 0) is 22.6 Å². The number of anilines is 1. The molecule has 1 N–H and O–H groups in total. The molecule has 3 aromatic rings. The third-order valence-corrected chi connectivity index (χ3v) is 6.54. The Balaban J connectivity index is 1.62. The highest BCUT2D eigenvalue weighted by molar-refractivity contribution is 6.46. The summed E-state index contributed by atoms with van der Waals surface area (Å²) in [5.74, 6) is -0.723. The minimum Gasteiger partial charge on any atom is -0.507 e. The van der Waals surface area contributed by atoms with E-state index in [0.29, 0.717) is 5.56 Å². The number of aliphatic hydroxyl groups is 1. The zero-order chi connectivity index (χ0) is 24.7. The summed E-state index contributed by atoms with van der Waals surface area (Å²) in [4.78, 5) is 34.1. The Labute approximate surface area is 204 Å². The lowest BCUT2D eigenvalue weighted by Gasteiger charge is -2.26. The molecule has 0 spiro atoms. The number of aliphatic hydroxyl groups excluding tert-OH is 1. The van der Waals surface area contributed by atoms with Crippen LogP contribution in [-0.4, -0.2) is 46.9 Å². The van der Waals surface area contributed by atoms with E-state index >= 15 is 0 Å². The Morgan fingerprint density at radius 1 is 1.09 bits per heavy atom. The van der Waals surface area contributed by atoms with Crippen molar-refractivity contribution in [1.82, 2.24) is 9.88 Å². The number of ether oxygens (including phenoxy) is 1. The largest absolute Gasteiger partial charge is 0.507 e. The second-order valence-electron chi connectivity index (χ2n) is 9.22. The highest BCUT2D eigenvalue weighted by Crippen LogP contribution is 2.41. The van der Waals surface area contributed by atoms with Crippen LogP contribution in [0.4, 0.5) is 5.69 Å². The molecule has 5 rings (SSSR count). The molecule has 2 aromatic carbocycles. The molecule has 2 atom stereocenters. The highest BCUT2D eigenvalue weighted by Gasteiger charge is 2.46. The maximum atomic E-state index is 13.3. The number of hydrogen-bond acceptors (Lipinski definition) is 6. The van der Waals surface area contributed by atoms with Gasteiger partial charge in [-0.05, 0) is 66.1 Å². The van der Waals surface area contributed by atoms with Gasteiger partial charge in [-0.15, -0.1) is 0 Å². The summed E-state index contributed by atoms with van der Waals surface area (Å²) in [5.41, 5.74) is 4.16. The number of Topliss-reactive ketones (excluding diaryl/α,β-unsaturated/α-hetero) is 1. The number of aromatic nitrogens is 1. The van der Waals surface area contributed by atoms with Gasteiger partial charge in [-0.25, -0.2) is 0 Å². The van der Waals surface area contributed by atoms with E-state index in [4.69, 9.17) is 4.74 Å². The molecule has 2 aliphatic rings. The quantitative estimate of drug-likeness (QED) is 0.344. The fraction of sp³-hybridized carbons (Fsp3) is 0.250. The fourth-order valence-corrected chi connectivity index (χ4v) is 4.75. The first-order chi connectivity index (χ1) is 16.8. The van der Waals surface area contributed by atoms with E-state index < -0.39 is 17.7 Å². The summed E-state index contributed by atoms with van der Waals surface area (Å²) in [7, 11) is 3.89. The summed E-state index contributed by atoms with van der Waals surface area (Å²) in [6, 6.07) is 16.0. The van der Waals surface area contributed by atoms with E-state index in [1.54, 1.807) is 18.5 Å². The molecule has 7 nitrogen and oxygen atoms in total. The van der Waals surface area contributed by atoms with Crippen molar-refractivity contribution in [2.75, 3.05) is 19.0 Å². The topological polar surface area (TPSA) is 83.0 Å². The SMILES string of the molecule is C[C@@H]1Cc2cc(C(O)=C3C(=O)C(=O)N(Cc4ccncc4)[C@H]3c3ccc(N(C)C)cc3)ccc2O1. The molecule has 0 saturated carbocycles. The number of nitrogens with zero attached hydrogens (tertiary/aromatic N) is 3. The maximum Gasteiger partial charge on any atom is 0.295 e. The van der Waals surface area contributed by atoms with Crippen molar-refractivity contribution >= 4 is 23.1 Å². The average molecular weight is 470 g/mol. The summed E-state index contributed by atoms with van der Waals surface area (Å²) >= 11 is 0.